The number of carbonyl (C=O) groups excluding carboxylic acids is 4. The number of epoxide rings is 1. The van der Waals surface area contributed by atoms with Crippen molar-refractivity contribution in [2.45, 2.75) is 26.5 Å². The molecule has 0 aliphatic carbocycles. The molecule has 13 nitrogen and oxygen atoms in total. The number of nitrogens with zero attached hydrogens (tertiary/aromatic N) is 2. The molecule has 1 aliphatic heterocycles. The predicted octanol–water partition coefficient (Wildman–Crippen LogP) is 4.54. The molecule has 1 unspecified atom stereocenters. The van der Waals surface area contributed by atoms with E-state index in [4.69, 9.17) is 18.9 Å². The van der Waals surface area contributed by atoms with Crippen molar-refractivity contribution in [3.8, 4) is 17.2 Å². The van der Waals surface area contributed by atoms with Crippen LogP contribution in [0.3, 0.4) is 0 Å². The van der Waals surface area contributed by atoms with E-state index in [2.05, 4.69) is 25.9 Å². The fourth-order valence-electron chi connectivity index (χ4n) is 4.10. The number of esters is 3. The van der Waals surface area contributed by atoms with Crippen LogP contribution in [0.1, 0.15) is 36.7 Å². The van der Waals surface area contributed by atoms with E-state index in [0.29, 0.717) is 40.9 Å². The molecule has 1 aliphatic rings. The van der Waals surface area contributed by atoms with E-state index in [0.717, 1.165) is 5.56 Å². The van der Waals surface area contributed by atoms with Gasteiger partial charge >= 0.3 is 17.9 Å². The number of ether oxygens (including phenoxy) is 4. The van der Waals surface area contributed by atoms with Crippen molar-refractivity contribution >= 4 is 47.1 Å². The van der Waals surface area contributed by atoms with Crippen LogP contribution in [0.25, 0.3) is 0 Å². The van der Waals surface area contributed by atoms with Crippen molar-refractivity contribution in [2.75, 3.05) is 22.6 Å². The Morgan fingerprint density at radius 1 is 0.705 bits per heavy atom. The predicted molar refractivity (Wildman–Crippen MR) is 158 cm³/mol. The summed E-state index contributed by atoms with van der Waals surface area (Å²) in [6.07, 6.45) is 0. The van der Waals surface area contributed by atoms with E-state index in [1.807, 2.05) is 0 Å². The number of aromatic nitrogens is 2. The second-order valence-electron chi connectivity index (χ2n) is 9.64. The maximum atomic E-state index is 13.1. The summed E-state index contributed by atoms with van der Waals surface area (Å²) in [6, 6.07) is 21.1. The third-order valence-corrected chi connectivity index (χ3v) is 6.06. The van der Waals surface area contributed by atoms with E-state index in [1.54, 1.807) is 54.6 Å². The summed E-state index contributed by atoms with van der Waals surface area (Å²) < 4.78 is 21.0. The summed E-state index contributed by atoms with van der Waals surface area (Å²) in [6.45, 7) is 4.24. The number of amides is 1. The summed E-state index contributed by atoms with van der Waals surface area (Å²) in [5.74, 6) is -0.0452. The Balaban J connectivity index is 1.39. The van der Waals surface area contributed by atoms with Crippen LogP contribution in [0.4, 0.5) is 23.3 Å². The molecule has 2 heterocycles. The SMILES string of the molecule is CC(=O)Oc1ccc(Nc2cc(NC(=O)c3ccc(OC(C)=O)cc3)nc(NC3(c4ccc(OC(C)=O)cc4)CO3)n2)cc1. The molecule has 0 saturated carbocycles. The third-order valence-electron chi connectivity index (χ3n) is 6.06. The lowest BCUT2D eigenvalue weighted by atomic mass is 10.1. The van der Waals surface area contributed by atoms with Gasteiger partial charge in [0.25, 0.3) is 5.91 Å². The molecule has 3 aromatic carbocycles. The second-order valence-corrected chi connectivity index (χ2v) is 9.64. The molecule has 3 N–H and O–H groups in total. The standard InChI is InChI=1S/C31H27N5O8/c1-18(37)42-24-10-4-21(5-11-24)29(40)33-28-16-27(32-23-8-14-26(15-9-23)44-20(3)39)34-30(35-28)36-31(17-41-31)22-6-12-25(13-7-22)43-19(2)38/h4-16H,17H2,1-3H3,(H3,32,33,34,35,36,40). The lowest BCUT2D eigenvalue weighted by Gasteiger charge is -2.17. The van der Waals surface area contributed by atoms with Gasteiger partial charge in [0.05, 0.1) is 0 Å². The average Bonchev–Trinajstić information content (AvgIpc) is 3.74. The van der Waals surface area contributed by atoms with Crippen LogP contribution in [-0.4, -0.2) is 40.4 Å². The maximum Gasteiger partial charge on any atom is 0.308 e. The molecule has 1 fully saturated rings. The first kappa shape index (κ1) is 29.7. The zero-order chi connectivity index (χ0) is 31.3. The highest BCUT2D eigenvalue weighted by Gasteiger charge is 2.47. The molecule has 0 radical (unpaired) electrons. The summed E-state index contributed by atoms with van der Waals surface area (Å²) in [4.78, 5) is 55.8. The van der Waals surface area contributed by atoms with Crippen LogP contribution in [0, 0.1) is 0 Å². The van der Waals surface area contributed by atoms with E-state index in [-0.39, 0.29) is 11.8 Å². The largest absolute Gasteiger partial charge is 0.427 e. The highest BCUT2D eigenvalue weighted by atomic mass is 16.6. The number of hydrogen-bond acceptors (Lipinski definition) is 12. The molecule has 13 heteroatoms. The van der Waals surface area contributed by atoms with Crippen LogP contribution in [0.15, 0.2) is 78.9 Å². The van der Waals surface area contributed by atoms with Gasteiger partial charge < -0.3 is 34.9 Å². The number of benzene rings is 3. The molecule has 5 rings (SSSR count). The van der Waals surface area contributed by atoms with E-state index >= 15 is 0 Å². The van der Waals surface area contributed by atoms with Gasteiger partial charge in [0.1, 0.15) is 35.5 Å². The van der Waals surface area contributed by atoms with Crippen LogP contribution in [0.5, 0.6) is 17.2 Å². The number of nitrogens with one attached hydrogen (secondary N) is 3. The Bertz CT molecular complexity index is 1700. The Kier molecular flexibility index (Phi) is 8.49. The Labute approximate surface area is 251 Å². The van der Waals surface area contributed by atoms with Gasteiger partial charge in [-0.05, 0) is 60.7 Å². The molecule has 1 amide bonds. The van der Waals surface area contributed by atoms with Crippen LogP contribution >= 0.6 is 0 Å². The van der Waals surface area contributed by atoms with Crippen LogP contribution < -0.4 is 30.2 Å². The minimum Gasteiger partial charge on any atom is -0.427 e. The zero-order valence-electron chi connectivity index (χ0n) is 23.9. The smallest absolute Gasteiger partial charge is 0.308 e. The third kappa shape index (κ3) is 7.72. The molecule has 44 heavy (non-hydrogen) atoms. The lowest BCUT2D eigenvalue weighted by Crippen LogP contribution is -2.23. The first-order valence-corrected chi connectivity index (χ1v) is 13.3. The average molecular weight is 598 g/mol. The Morgan fingerprint density at radius 3 is 1.68 bits per heavy atom. The summed E-state index contributed by atoms with van der Waals surface area (Å²) in [5.41, 5.74) is 0.740. The van der Waals surface area contributed by atoms with Gasteiger partial charge in [-0.3, -0.25) is 19.2 Å². The van der Waals surface area contributed by atoms with Gasteiger partial charge in [0, 0.05) is 43.7 Å². The number of rotatable bonds is 10. The Hall–Kier alpha value is -5.82. The molecular formula is C31H27N5O8. The van der Waals surface area contributed by atoms with Crippen molar-refractivity contribution < 1.29 is 38.1 Å². The molecule has 224 valence electrons. The Morgan fingerprint density at radius 2 is 1.18 bits per heavy atom. The van der Waals surface area contributed by atoms with Gasteiger partial charge in [-0.25, -0.2) is 0 Å². The quantitative estimate of drug-likeness (QED) is 0.133. The van der Waals surface area contributed by atoms with Crippen LogP contribution in [0.2, 0.25) is 0 Å². The number of hydrogen-bond donors (Lipinski definition) is 3. The topological polar surface area (TPSA) is 170 Å². The fraction of sp³-hybridized carbons (Fsp3) is 0.161. The van der Waals surface area contributed by atoms with Gasteiger partial charge in [0.2, 0.25) is 5.95 Å². The van der Waals surface area contributed by atoms with Crippen molar-refractivity contribution in [1.82, 2.24) is 9.97 Å². The highest BCUT2D eigenvalue weighted by Crippen LogP contribution is 2.39. The van der Waals surface area contributed by atoms with Gasteiger partial charge in [-0.15, -0.1) is 0 Å². The van der Waals surface area contributed by atoms with Gasteiger partial charge in [-0.2, -0.15) is 9.97 Å². The number of anilines is 4. The molecule has 1 aromatic heterocycles. The fourth-order valence-corrected chi connectivity index (χ4v) is 4.10. The van der Waals surface area contributed by atoms with E-state index in [9.17, 15) is 19.2 Å². The summed E-state index contributed by atoms with van der Waals surface area (Å²) in [7, 11) is 0. The summed E-state index contributed by atoms with van der Waals surface area (Å²) >= 11 is 0. The minimum atomic E-state index is -0.938. The first-order chi connectivity index (χ1) is 21.1. The van der Waals surface area contributed by atoms with Crippen LogP contribution in [-0.2, 0) is 24.8 Å². The maximum absolute atomic E-state index is 13.1. The van der Waals surface area contributed by atoms with Crippen molar-refractivity contribution in [1.29, 1.82) is 0 Å². The van der Waals surface area contributed by atoms with Crippen molar-refractivity contribution in [3.05, 3.63) is 90.0 Å². The summed E-state index contributed by atoms with van der Waals surface area (Å²) in [5, 5.41) is 9.11. The first-order valence-electron chi connectivity index (χ1n) is 13.3. The minimum absolute atomic E-state index is 0.147. The highest BCUT2D eigenvalue weighted by molar-refractivity contribution is 6.04. The lowest BCUT2D eigenvalue weighted by molar-refractivity contribution is -0.132. The van der Waals surface area contributed by atoms with Gasteiger partial charge in [0.15, 0.2) is 5.72 Å². The molecule has 1 saturated heterocycles. The molecule has 4 aromatic rings. The van der Waals surface area contributed by atoms with E-state index in [1.165, 1.54) is 45.0 Å². The normalized spacial score (nSPS) is 15.0. The second kappa shape index (κ2) is 12.6. The molecule has 0 spiro atoms. The molecule has 1 atom stereocenters. The molecular weight excluding hydrogens is 570 g/mol. The van der Waals surface area contributed by atoms with Gasteiger partial charge in [-0.1, -0.05) is 12.1 Å². The van der Waals surface area contributed by atoms with E-state index < -0.39 is 29.5 Å². The monoisotopic (exact) mass is 597 g/mol. The zero-order valence-corrected chi connectivity index (χ0v) is 23.9. The number of carbonyl (C=O) groups is 4. The van der Waals surface area contributed by atoms with Crippen molar-refractivity contribution in [3.63, 3.8) is 0 Å². The van der Waals surface area contributed by atoms with Crippen molar-refractivity contribution in [2.24, 2.45) is 0 Å². The molecule has 0 bridgehead atoms.